The van der Waals surface area contributed by atoms with Crippen LogP contribution in [0.1, 0.15) is 0 Å². The molecule has 0 bridgehead atoms. The van der Waals surface area contributed by atoms with E-state index < -0.39 is 9.85 Å². The molecule has 0 spiro atoms. The molecule has 0 saturated carbocycles. The van der Waals surface area contributed by atoms with Crippen molar-refractivity contribution in [1.29, 1.82) is 0 Å². The largest absolute Gasteiger partial charge is 0.497 e. The average Bonchev–Trinajstić information content (AvgIpc) is 2.54. The molecule has 0 radical (unpaired) electrons. The molecule has 0 aliphatic carbocycles. The Morgan fingerprint density at radius 1 is 0.792 bits per heavy atom. The Morgan fingerprint density at radius 3 is 1.33 bits per heavy atom. The summed E-state index contributed by atoms with van der Waals surface area (Å²) >= 11 is 11.2. The fraction of sp³-hybridized carbons (Fsp3) is 0.143. The van der Waals surface area contributed by atoms with Gasteiger partial charge in [0.15, 0.2) is 0 Å². The van der Waals surface area contributed by atoms with Crippen LogP contribution in [0.2, 0.25) is 10.0 Å². The van der Waals surface area contributed by atoms with E-state index in [-0.39, 0.29) is 21.4 Å². The third kappa shape index (κ3) is 5.25. The zero-order valence-electron chi connectivity index (χ0n) is 12.6. The van der Waals surface area contributed by atoms with Gasteiger partial charge in [0.25, 0.3) is 11.4 Å². The van der Waals surface area contributed by atoms with E-state index in [1.54, 1.807) is 0 Å². The molecule has 0 aliphatic heterocycles. The lowest BCUT2D eigenvalue weighted by Crippen LogP contribution is -1.89. The first kappa shape index (κ1) is 19.5. The van der Waals surface area contributed by atoms with Gasteiger partial charge in [0.2, 0.25) is 0 Å². The third-order valence-electron chi connectivity index (χ3n) is 2.70. The molecule has 24 heavy (non-hydrogen) atoms. The smallest absolute Gasteiger partial charge is 0.288 e. The molecule has 2 aromatic rings. The molecule has 0 heterocycles. The molecule has 0 unspecified atom stereocenters. The molecule has 0 amide bonds. The highest BCUT2D eigenvalue weighted by atomic mass is 35.5. The van der Waals surface area contributed by atoms with E-state index in [9.17, 15) is 20.2 Å². The topological polar surface area (TPSA) is 105 Å². The first-order chi connectivity index (χ1) is 11.3. The highest BCUT2D eigenvalue weighted by Gasteiger charge is 2.12. The summed E-state index contributed by atoms with van der Waals surface area (Å²) in [6, 6.07) is 8.40. The van der Waals surface area contributed by atoms with Gasteiger partial charge in [0, 0.05) is 24.3 Å². The second-order valence-electron chi connectivity index (χ2n) is 4.15. The Kier molecular flexibility index (Phi) is 7.22. The molecule has 2 rings (SSSR count). The predicted octanol–water partition coefficient (Wildman–Crippen LogP) is 4.51. The lowest BCUT2D eigenvalue weighted by atomic mass is 10.3. The molecule has 8 nitrogen and oxygen atoms in total. The summed E-state index contributed by atoms with van der Waals surface area (Å²) in [7, 11) is 2.94. The zero-order valence-corrected chi connectivity index (χ0v) is 14.1. The summed E-state index contributed by atoms with van der Waals surface area (Å²) < 4.78 is 9.65. The van der Waals surface area contributed by atoms with E-state index in [1.807, 2.05) is 0 Å². The summed E-state index contributed by atoms with van der Waals surface area (Å²) in [6.45, 7) is 0. The highest BCUT2D eigenvalue weighted by Crippen LogP contribution is 2.28. The Morgan fingerprint density at radius 2 is 1.12 bits per heavy atom. The van der Waals surface area contributed by atoms with Crippen molar-refractivity contribution in [2.75, 3.05) is 14.2 Å². The van der Waals surface area contributed by atoms with Crippen LogP contribution in [0.5, 0.6) is 11.5 Å². The van der Waals surface area contributed by atoms with E-state index in [1.165, 1.54) is 50.6 Å². The van der Waals surface area contributed by atoms with Gasteiger partial charge in [0.05, 0.1) is 24.1 Å². The van der Waals surface area contributed by atoms with Crippen LogP contribution in [-0.4, -0.2) is 24.1 Å². The van der Waals surface area contributed by atoms with Gasteiger partial charge in [-0.3, -0.25) is 20.2 Å². The molecular weight excluding hydrogens is 363 g/mol. The normalized spacial score (nSPS) is 9.50. The Labute approximate surface area is 146 Å². The fourth-order valence-electron chi connectivity index (χ4n) is 1.53. The van der Waals surface area contributed by atoms with Crippen LogP contribution in [0.3, 0.4) is 0 Å². The Balaban J connectivity index is 0.000000240. The maximum atomic E-state index is 10.3. The number of hydrogen-bond acceptors (Lipinski definition) is 6. The van der Waals surface area contributed by atoms with Crippen molar-refractivity contribution in [3.63, 3.8) is 0 Å². The van der Waals surface area contributed by atoms with E-state index in [2.05, 4.69) is 0 Å². The van der Waals surface area contributed by atoms with Crippen molar-refractivity contribution >= 4 is 34.6 Å². The molecule has 10 heteroatoms. The minimum atomic E-state index is -0.540. The van der Waals surface area contributed by atoms with Gasteiger partial charge >= 0.3 is 0 Å². The van der Waals surface area contributed by atoms with Crippen LogP contribution >= 0.6 is 23.2 Å². The van der Waals surface area contributed by atoms with Crippen molar-refractivity contribution in [3.8, 4) is 11.5 Å². The van der Waals surface area contributed by atoms with Crippen LogP contribution in [-0.2, 0) is 0 Å². The first-order valence-corrected chi connectivity index (χ1v) is 7.01. The quantitative estimate of drug-likeness (QED) is 0.575. The maximum absolute atomic E-state index is 10.3. The van der Waals surface area contributed by atoms with Crippen LogP contribution in [0.25, 0.3) is 0 Å². The molecule has 128 valence electrons. The molecule has 0 N–H and O–H groups in total. The van der Waals surface area contributed by atoms with Crippen LogP contribution in [0.15, 0.2) is 36.4 Å². The Hall–Kier alpha value is -2.58. The number of ether oxygens (including phenoxy) is 2. The van der Waals surface area contributed by atoms with Gasteiger partial charge in [-0.2, -0.15) is 0 Å². The lowest BCUT2D eigenvalue weighted by Gasteiger charge is -1.99. The van der Waals surface area contributed by atoms with Crippen molar-refractivity contribution < 1.29 is 19.3 Å². The predicted molar refractivity (Wildman–Crippen MR) is 89.3 cm³/mol. The van der Waals surface area contributed by atoms with Gasteiger partial charge in [-0.05, 0) is 12.1 Å². The second-order valence-corrected chi connectivity index (χ2v) is 4.96. The maximum Gasteiger partial charge on any atom is 0.288 e. The second kappa shape index (κ2) is 8.90. The van der Waals surface area contributed by atoms with Crippen molar-refractivity contribution in [2.45, 2.75) is 0 Å². The minimum absolute atomic E-state index is 0.0827. The average molecular weight is 375 g/mol. The fourth-order valence-corrected chi connectivity index (χ4v) is 2.00. The van der Waals surface area contributed by atoms with Gasteiger partial charge in [0.1, 0.15) is 21.5 Å². The number of benzene rings is 2. The van der Waals surface area contributed by atoms with Crippen LogP contribution in [0, 0.1) is 20.2 Å². The summed E-state index contributed by atoms with van der Waals surface area (Å²) in [5.74, 6) is 1.01. The van der Waals surface area contributed by atoms with Gasteiger partial charge in [-0.15, -0.1) is 0 Å². The number of rotatable bonds is 4. The van der Waals surface area contributed by atoms with Crippen molar-refractivity contribution in [1.82, 2.24) is 0 Å². The standard InChI is InChI=1S/2C7H6ClNO3/c2*1-12-5-2-3-7(9(10)11)6(8)4-5/h2*2-4H,1H3. The minimum Gasteiger partial charge on any atom is -0.497 e. The first-order valence-electron chi connectivity index (χ1n) is 6.26. The van der Waals surface area contributed by atoms with Gasteiger partial charge in [-0.1, -0.05) is 23.2 Å². The van der Waals surface area contributed by atoms with Gasteiger partial charge in [-0.25, -0.2) is 0 Å². The van der Waals surface area contributed by atoms with E-state index in [4.69, 9.17) is 32.7 Å². The molecule has 0 fully saturated rings. The highest BCUT2D eigenvalue weighted by molar-refractivity contribution is 6.33. The number of nitro groups is 2. The summed E-state index contributed by atoms with van der Waals surface area (Å²) in [5.41, 5.74) is -0.227. The number of halogens is 2. The van der Waals surface area contributed by atoms with Crippen LogP contribution < -0.4 is 9.47 Å². The van der Waals surface area contributed by atoms with Gasteiger partial charge < -0.3 is 9.47 Å². The molecule has 0 aliphatic rings. The zero-order chi connectivity index (χ0) is 18.3. The summed E-state index contributed by atoms with van der Waals surface area (Å²) in [5, 5.41) is 20.8. The van der Waals surface area contributed by atoms with Crippen molar-refractivity contribution in [2.24, 2.45) is 0 Å². The molecule has 0 saturated heterocycles. The number of methoxy groups -OCH3 is 2. The van der Waals surface area contributed by atoms with Crippen molar-refractivity contribution in [3.05, 3.63) is 66.7 Å². The van der Waals surface area contributed by atoms with E-state index in [0.717, 1.165) is 0 Å². The molecule has 0 atom stereocenters. The molecule has 0 aromatic heterocycles. The SMILES string of the molecule is COc1ccc([N+](=O)[O-])c(Cl)c1.COc1ccc([N+](=O)[O-])c(Cl)c1. The van der Waals surface area contributed by atoms with Crippen LogP contribution in [0.4, 0.5) is 11.4 Å². The number of nitrogens with zero attached hydrogens (tertiary/aromatic N) is 2. The van der Waals surface area contributed by atoms with E-state index >= 15 is 0 Å². The molecule has 2 aromatic carbocycles. The third-order valence-corrected chi connectivity index (χ3v) is 3.31. The summed E-state index contributed by atoms with van der Waals surface area (Å²) in [6.07, 6.45) is 0. The monoisotopic (exact) mass is 374 g/mol. The van der Waals surface area contributed by atoms with E-state index in [0.29, 0.717) is 11.5 Å². The lowest BCUT2D eigenvalue weighted by molar-refractivity contribution is -0.384. The number of hydrogen-bond donors (Lipinski definition) is 0. The Bertz CT molecular complexity index is 691. The summed E-state index contributed by atoms with van der Waals surface area (Å²) in [4.78, 5) is 19.5. The molecular formula is C14H12Cl2N2O6. The number of nitro benzene ring substituents is 2.